The molecule has 2 aromatic heterocycles. The predicted octanol–water partition coefficient (Wildman–Crippen LogP) is 4.75. The molecule has 0 spiro atoms. The highest BCUT2D eigenvalue weighted by Crippen LogP contribution is 2.31. The molecule has 1 amide bonds. The first-order valence-corrected chi connectivity index (χ1v) is 9.40. The maximum Gasteiger partial charge on any atom is 0.233 e. The number of benzene rings is 2. The molecular formula is C21H15F2N3OS. The Hall–Kier alpha value is -3.19. The fourth-order valence-electron chi connectivity index (χ4n) is 2.82. The maximum atomic E-state index is 14.1. The van der Waals surface area contributed by atoms with E-state index in [2.05, 4.69) is 9.97 Å². The molecule has 2 aromatic carbocycles. The lowest BCUT2D eigenvalue weighted by Crippen LogP contribution is -2.31. The minimum atomic E-state index is -0.421. The number of aromatic nitrogens is 2. The number of rotatable bonds is 5. The number of amides is 1. The monoisotopic (exact) mass is 395 g/mol. The highest BCUT2D eigenvalue weighted by molar-refractivity contribution is 7.22. The Morgan fingerprint density at radius 2 is 1.71 bits per heavy atom. The number of hydrogen-bond donors (Lipinski definition) is 0. The zero-order chi connectivity index (χ0) is 19.5. The molecule has 0 aliphatic heterocycles. The first-order valence-electron chi connectivity index (χ1n) is 8.59. The molecule has 0 unspecified atom stereocenters. The summed E-state index contributed by atoms with van der Waals surface area (Å²) < 4.78 is 27.9. The molecule has 0 radical (unpaired) electrons. The fourth-order valence-corrected chi connectivity index (χ4v) is 3.82. The molecule has 0 fully saturated rings. The van der Waals surface area contributed by atoms with E-state index in [1.807, 2.05) is 12.1 Å². The van der Waals surface area contributed by atoms with Crippen LogP contribution in [0.3, 0.4) is 0 Å². The van der Waals surface area contributed by atoms with Gasteiger partial charge in [0.2, 0.25) is 5.91 Å². The molecule has 4 rings (SSSR count). The van der Waals surface area contributed by atoms with E-state index in [1.54, 1.807) is 36.7 Å². The van der Waals surface area contributed by atoms with E-state index in [-0.39, 0.29) is 30.2 Å². The average molecular weight is 395 g/mol. The smallest absolute Gasteiger partial charge is 0.233 e. The Labute approximate surface area is 164 Å². The van der Waals surface area contributed by atoms with Gasteiger partial charge < -0.3 is 0 Å². The van der Waals surface area contributed by atoms with Gasteiger partial charge in [-0.3, -0.25) is 14.7 Å². The van der Waals surface area contributed by atoms with Crippen LogP contribution in [-0.2, 0) is 17.8 Å². The summed E-state index contributed by atoms with van der Waals surface area (Å²) in [7, 11) is 0. The van der Waals surface area contributed by atoms with Gasteiger partial charge in [-0.1, -0.05) is 29.5 Å². The first kappa shape index (κ1) is 18.2. The lowest BCUT2D eigenvalue weighted by Gasteiger charge is -2.20. The number of fused-ring (bicyclic) bond motifs is 1. The average Bonchev–Trinajstić information content (AvgIpc) is 3.14. The standard InChI is InChI=1S/C21H15F2N3OS/c22-16-6-4-14(5-7-16)12-19(27)26(13-15-8-10-24-11-9-15)21-25-20-17(23)2-1-3-18(20)28-21/h1-11H,12-13H2. The number of carbonyl (C=O) groups excluding carboxylic acids is 1. The van der Waals surface area contributed by atoms with Crippen LogP contribution in [0.2, 0.25) is 0 Å². The second kappa shape index (κ2) is 7.82. The van der Waals surface area contributed by atoms with Crippen LogP contribution in [0.25, 0.3) is 10.2 Å². The van der Waals surface area contributed by atoms with Crippen LogP contribution in [0, 0.1) is 11.6 Å². The van der Waals surface area contributed by atoms with Crippen molar-refractivity contribution in [2.24, 2.45) is 0 Å². The maximum absolute atomic E-state index is 14.1. The summed E-state index contributed by atoms with van der Waals surface area (Å²) in [6.45, 7) is 0.282. The first-order chi connectivity index (χ1) is 13.6. The highest BCUT2D eigenvalue weighted by Gasteiger charge is 2.21. The quantitative estimate of drug-likeness (QED) is 0.490. The predicted molar refractivity (Wildman–Crippen MR) is 105 cm³/mol. The number of carbonyl (C=O) groups is 1. The van der Waals surface area contributed by atoms with Gasteiger partial charge in [0.15, 0.2) is 5.13 Å². The minimum absolute atomic E-state index is 0.0871. The van der Waals surface area contributed by atoms with Gasteiger partial charge in [-0.25, -0.2) is 13.8 Å². The molecule has 0 bridgehead atoms. The minimum Gasteiger partial charge on any atom is -0.283 e. The zero-order valence-corrected chi connectivity index (χ0v) is 15.5. The van der Waals surface area contributed by atoms with Crippen molar-refractivity contribution in [1.29, 1.82) is 0 Å². The van der Waals surface area contributed by atoms with Gasteiger partial charge in [-0.15, -0.1) is 0 Å². The van der Waals surface area contributed by atoms with E-state index in [1.165, 1.54) is 34.4 Å². The summed E-state index contributed by atoms with van der Waals surface area (Å²) in [5, 5.41) is 0.420. The summed E-state index contributed by atoms with van der Waals surface area (Å²) in [4.78, 5) is 22.9. The molecule has 2 heterocycles. The number of nitrogens with zero attached hydrogens (tertiary/aromatic N) is 3. The third kappa shape index (κ3) is 3.89. The number of anilines is 1. The molecule has 0 saturated carbocycles. The second-order valence-electron chi connectivity index (χ2n) is 6.22. The van der Waals surface area contributed by atoms with Gasteiger partial charge in [-0.05, 0) is 47.5 Å². The third-order valence-electron chi connectivity index (χ3n) is 4.25. The molecule has 0 saturated heterocycles. The van der Waals surface area contributed by atoms with Crippen LogP contribution in [0.15, 0.2) is 67.0 Å². The van der Waals surface area contributed by atoms with Crippen LogP contribution in [0.5, 0.6) is 0 Å². The van der Waals surface area contributed by atoms with E-state index in [9.17, 15) is 13.6 Å². The van der Waals surface area contributed by atoms with E-state index in [0.717, 1.165) is 5.56 Å². The molecule has 0 aliphatic carbocycles. The Balaban J connectivity index is 1.69. The van der Waals surface area contributed by atoms with Crippen molar-refractivity contribution in [1.82, 2.24) is 9.97 Å². The van der Waals surface area contributed by atoms with Crippen molar-refractivity contribution in [2.75, 3.05) is 4.90 Å². The Kier molecular flexibility index (Phi) is 5.08. The molecule has 0 atom stereocenters. The van der Waals surface area contributed by atoms with Gasteiger partial charge in [0.1, 0.15) is 17.2 Å². The summed E-state index contributed by atoms with van der Waals surface area (Å²) in [6, 6.07) is 14.2. The number of hydrogen-bond acceptors (Lipinski definition) is 4. The van der Waals surface area contributed by atoms with Crippen LogP contribution in [0.4, 0.5) is 13.9 Å². The molecule has 4 aromatic rings. The Bertz CT molecular complexity index is 1110. The van der Waals surface area contributed by atoms with Crippen molar-refractivity contribution < 1.29 is 13.6 Å². The molecule has 0 aliphatic rings. The van der Waals surface area contributed by atoms with E-state index in [0.29, 0.717) is 15.4 Å². The number of pyridine rings is 1. The van der Waals surface area contributed by atoms with Gasteiger partial charge in [-0.2, -0.15) is 0 Å². The number of halogens is 2. The normalized spacial score (nSPS) is 10.9. The van der Waals surface area contributed by atoms with Gasteiger partial charge in [0.05, 0.1) is 17.7 Å². The summed E-state index contributed by atoms with van der Waals surface area (Å²) in [5.41, 5.74) is 1.82. The molecular weight excluding hydrogens is 380 g/mol. The van der Waals surface area contributed by atoms with Crippen molar-refractivity contribution >= 4 is 32.6 Å². The van der Waals surface area contributed by atoms with Crippen molar-refractivity contribution in [3.05, 3.63) is 89.8 Å². The van der Waals surface area contributed by atoms with Crippen LogP contribution in [0.1, 0.15) is 11.1 Å². The van der Waals surface area contributed by atoms with E-state index >= 15 is 0 Å². The van der Waals surface area contributed by atoms with Crippen LogP contribution < -0.4 is 4.90 Å². The highest BCUT2D eigenvalue weighted by atomic mass is 32.1. The van der Waals surface area contributed by atoms with Gasteiger partial charge >= 0.3 is 0 Å². The molecule has 28 heavy (non-hydrogen) atoms. The Morgan fingerprint density at radius 1 is 0.964 bits per heavy atom. The molecule has 140 valence electrons. The molecule has 4 nitrogen and oxygen atoms in total. The summed E-state index contributed by atoms with van der Waals surface area (Å²) in [5.74, 6) is -0.982. The van der Waals surface area contributed by atoms with Crippen LogP contribution >= 0.6 is 11.3 Å². The van der Waals surface area contributed by atoms with Crippen molar-refractivity contribution in [3.63, 3.8) is 0 Å². The fraction of sp³-hybridized carbons (Fsp3) is 0.0952. The topological polar surface area (TPSA) is 46.1 Å². The SMILES string of the molecule is O=C(Cc1ccc(F)cc1)N(Cc1ccncc1)c1nc2c(F)cccc2s1. The lowest BCUT2D eigenvalue weighted by atomic mass is 10.1. The molecule has 7 heteroatoms. The summed E-state index contributed by atoms with van der Waals surface area (Å²) >= 11 is 1.26. The van der Waals surface area contributed by atoms with E-state index in [4.69, 9.17) is 0 Å². The van der Waals surface area contributed by atoms with Gasteiger partial charge in [0, 0.05) is 12.4 Å². The summed E-state index contributed by atoms with van der Waals surface area (Å²) in [6.07, 6.45) is 3.38. The second-order valence-corrected chi connectivity index (χ2v) is 7.23. The number of para-hydroxylation sites is 1. The molecule has 0 N–H and O–H groups in total. The largest absolute Gasteiger partial charge is 0.283 e. The lowest BCUT2D eigenvalue weighted by molar-refractivity contribution is -0.118. The third-order valence-corrected chi connectivity index (χ3v) is 5.29. The van der Waals surface area contributed by atoms with Gasteiger partial charge in [0.25, 0.3) is 0 Å². The Morgan fingerprint density at radius 3 is 2.43 bits per heavy atom. The van der Waals surface area contributed by atoms with Crippen molar-refractivity contribution in [2.45, 2.75) is 13.0 Å². The zero-order valence-electron chi connectivity index (χ0n) is 14.7. The van der Waals surface area contributed by atoms with Crippen molar-refractivity contribution in [3.8, 4) is 0 Å². The van der Waals surface area contributed by atoms with Crippen LogP contribution in [-0.4, -0.2) is 15.9 Å². The number of thiazole rings is 1. The van der Waals surface area contributed by atoms with E-state index < -0.39 is 5.82 Å².